The molecule has 0 saturated heterocycles. The van der Waals surface area contributed by atoms with E-state index in [-0.39, 0.29) is 12.3 Å². The Kier molecular flexibility index (Phi) is 4.82. The Hall–Kier alpha value is -1.92. The van der Waals surface area contributed by atoms with Gasteiger partial charge in [0.15, 0.2) is 5.82 Å². The van der Waals surface area contributed by atoms with Crippen LogP contribution in [-0.2, 0) is 16.0 Å². The van der Waals surface area contributed by atoms with Gasteiger partial charge >= 0.3 is 5.97 Å². The van der Waals surface area contributed by atoms with Gasteiger partial charge in [-0.2, -0.15) is 4.98 Å². The second-order valence-corrected chi connectivity index (χ2v) is 4.22. The number of carbonyl (C=O) groups is 2. The molecule has 1 aromatic heterocycles. The van der Waals surface area contributed by atoms with Gasteiger partial charge in [0.05, 0.1) is 5.92 Å². The summed E-state index contributed by atoms with van der Waals surface area (Å²) < 4.78 is 4.87. The summed E-state index contributed by atoms with van der Waals surface area (Å²) in [6, 6.07) is -0.417. The molecule has 7 nitrogen and oxygen atoms in total. The summed E-state index contributed by atoms with van der Waals surface area (Å²) in [7, 11) is 0. The number of carbonyl (C=O) groups excluding carboxylic acids is 1. The summed E-state index contributed by atoms with van der Waals surface area (Å²) in [5, 5.41) is 15.0. The molecule has 2 unspecified atom stereocenters. The zero-order chi connectivity index (χ0) is 13.7. The summed E-state index contributed by atoms with van der Waals surface area (Å²) >= 11 is 0. The van der Waals surface area contributed by atoms with Gasteiger partial charge in [0.1, 0.15) is 0 Å². The van der Waals surface area contributed by atoms with E-state index in [0.717, 1.165) is 0 Å². The minimum absolute atomic E-state index is 0.193. The van der Waals surface area contributed by atoms with E-state index < -0.39 is 17.9 Å². The molecule has 1 heterocycles. The third-order valence-corrected chi connectivity index (χ3v) is 2.66. The minimum Gasteiger partial charge on any atom is -0.481 e. The fourth-order valence-corrected chi connectivity index (χ4v) is 1.33. The van der Waals surface area contributed by atoms with Gasteiger partial charge in [0.25, 0.3) is 0 Å². The number of nitrogens with one attached hydrogen (secondary N) is 1. The van der Waals surface area contributed by atoms with Crippen molar-refractivity contribution in [2.45, 2.75) is 39.7 Å². The highest BCUT2D eigenvalue weighted by molar-refractivity contribution is 5.78. The fraction of sp³-hybridized carbons (Fsp3) is 0.636. The molecule has 0 radical (unpaired) electrons. The number of aliphatic carboxylic acids is 1. The van der Waals surface area contributed by atoms with Crippen LogP contribution in [0.1, 0.15) is 32.0 Å². The molecule has 0 aromatic carbocycles. The zero-order valence-corrected chi connectivity index (χ0v) is 10.6. The largest absolute Gasteiger partial charge is 0.481 e. The maximum atomic E-state index is 11.6. The van der Waals surface area contributed by atoms with Gasteiger partial charge < -0.3 is 14.9 Å². The van der Waals surface area contributed by atoms with Crippen LogP contribution in [0.4, 0.5) is 0 Å². The van der Waals surface area contributed by atoms with Crippen LogP contribution < -0.4 is 5.32 Å². The number of amides is 1. The quantitative estimate of drug-likeness (QED) is 0.768. The number of nitrogens with zero attached hydrogens (tertiary/aromatic N) is 2. The second-order valence-electron chi connectivity index (χ2n) is 4.22. The molecule has 0 aliphatic heterocycles. The van der Waals surface area contributed by atoms with E-state index in [1.165, 1.54) is 0 Å². The molecular formula is C11H17N3O4. The standard InChI is InChI=1S/C11H17N3O4/c1-6(11(16)17)7(2)12-9(15)4-5-10-13-8(3)14-18-10/h6-7H,4-5H2,1-3H3,(H,12,15)(H,16,17). The maximum Gasteiger partial charge on any atom is 0.308 e. The molecule has 100 valence electrons. The van der Waals surface area contributed by atoms with E-state index in [4.69, 9.17) is 9.63 Å². The van der Waals surface area contributed by atoms with Crippen LogP contribution in [0.5, 0.6) is 0 Å². The zero-order valence-electron chi connectivity index (χ0n) is 10.6. The lowest BCUT2D eigenvalue weighted by Gasteiger charge is -2.17. The van der Waals surface area contributed by atoms with E-state index in [9.17, 15) is 9.59 Å². The molecule has 0 spiro atoms. The fourth-order valence-electron chi connectivity index (χ4n) is 1.33. The molecule has 18 heavy (non-hydrogen) atoms. The first-order valence-corrected chi connectivity index (χ1v) is 5.71. The van der Waals surface area contributed by atoms with Gasteiger partial charge in [-0.1, -0.05) is 5.16 Å². The predicted octanol–water partition coefficient (Wildman–Crippen LogP) is 0.536. The van der Waals surface area contributed by atoms with Crippen LogP contribution in [0.15, 0.2) is 4.52 Å². The van der Waals surface area contributed by atoms with Crippen molar-refractivity contribution in [1.29, 1.82) is 0 Å². The van der Waals surface area contributed by atoms with E-state index in [1.54, 1.807) is 20.8 Å². The second kappa shape index (κ2) is 6.13. The van der Waals surface area contributed by atoms with Gasteiger partial charge in [-0.25, -0.2) is 0 Å². The average Bonchev–Trinajstić information content (AvgIpc) is 2.71. The Morgan fingerprint density at radius 3 is 2.61 bits per heavy atom. The normalized spacial score (nSPS) is 13.9. The van der Waals surface area contributed by atoms with Crippen molar-refractivity contribution in [2.75, 3.05) is 0 Å². The Morgan fingerprint density at radius 1 is 1.44 bits per heavy atom. The lowest BCUT2D eigenvalue weighted by Crippen LogP contribution is -2.40. The van der Waals surface area contributed by atoms with Crippen LogP contribution in [0, 0.1) is 12.8 Å². The van der Waals surface area contributed by atoms with Crippen LogP contribution in [0.25, 0.3) is 0 Å². The summed E-state index contributed by atoms with van der Waals surface area (Å²) in [6.07, 6.45) is 0.541. The summed E-state index contributed by atoms with van der Waals surface area (Å²) in [5.74, 6) is -0.860. The predicted molar refractivity (Wildman–Crippen MR) is 61.8 cm³/mol. The van der Waals surface area contributed by atoms with Crippen LogP contribution in [0.2, 0.25) is 0 Å². The maximum absolute atomic E-state index is 11.6. The van der Waals surface area contributed by atoms with Crippen molar-refractivity contribution in [3.63, 3.8) is 0 Å². The van der Waals surface area contributed by atoms with Crippen LogP contribution in [0.3, 0.4) is 0 Å². The summed E-state index contributed by atoms with van der Waals surface area (Å²) in [4.78, 5) is 26.3. The van der Waals surface area contributed by atoms with Crippen molar-refractivity contribution < 1.29 is 19.2 Å². The van der Waals surface area contributed by atoms with Crippen LogP contribution >= 0.6 is 0 Å². The molecule has 1 rings (SSSR count). The number of aromatic nitrogens is 2. The van der Waals surface area contributed by atoms with E-state index in [1.807, 2.05) is 0 Å². The first kappa shape index (κ1) is 14.1. The van der Waals surface area contributed by atoms with Crippen molar-refractivity contribution in [3.8, 4) is 0 Å². The molecular weight excluding hydrogens is 238 g/mol. The smallest absolute Gasteiger partial charge is 0.308 e. The van der Waals surface area contributed by atoms with E-state index >= 15 is 0 Å². The lowest BCUT2D eigenvalue weighted by molar-refractivity contribution is -0.142. The first-order valence-electron chi connectivity index (χ1n) is 5.71. The Labute approximate surface area is 105 Å². The SMILES string of the molecule is Cc1noc(CCC(=O)NC(C)C(C)C(=O)O)n1. The molecule has 1 amide bonds. The minimum atomic E-state index is -0.935. The van der Waals surface area contributed by atoms with Crippen molar-refractivity contribution in [1.82, 2.24) is 15.5 Å². The highest BCUT2D eigenvalue weighted by Gasteiger charge is 2.20. The molecule has 1 aromatic rings. The molecule has 0 aliphatic carbocycles. The molecule has 2 N–H and O–H groups in total. The Balaban J connectivity index is 2.35. The highest BCUT2D eigenvalue weighted by Crippen LogP contribution is 2.04. The van der Waals surface area contributed by atoms with Gasteiger partial charge in [0, 0.05) is 18.9 Å². The lowest BCUT2D eigenvalue weighted by atomic mass is 10.0. The summed E-state index contributed by atoms with van der Waals surface area (Å²) in [5.41, 5.74) is 0. The van der Waals surface area contributed by atoms with Crippen molar-refractivity contribution in [3.05, 3.63) is 11.7 Å². The molecule has 7 heteroatoms. The Morgan fingerprint density at radius 2 is 2.11 bits per heavy atom. The third-order valence-electron chi connectivity index (χ3n) is 2.66. The van der Waals surface area contributed by atoms with Gasteiger partial charge in [-0.05, 0) is 20.8 Å². The molecule has 0 aliphatic rings. The molecule has 0 saturated carbocycles. The molecule has 0 fully saturated rings. The highest BCUT2D eigenvalue weighted by atomic mass is 16.5. The van der Waals surface area contributed by atoms with E-state index in [2.05, 4.69) is 15.5 Å². The monoisotopic (exact) mass is 255 g/mol. The summed E-state index contributed by atoms with van der Waals surface area (Å²) in [6.45, 7) is 4.91. The van der Waals surface area contributed by atoms with E-state index in [0.29, 0.717) is 18.1 Å². The van der Waals surface area contributed by atoms with Gasteiger partial charge in [-0.3, -0.25) is 9.59 Å². The number of aryl methyl sites for hydroxylation is 2. The van der Waals surface area contributed by atoms with Crippen molar-refractivity contribution in [2.24, 2.45) is 5.92 Å². The molecule has 0 bridgehead atoms. The molecule has 2 atom stereocenters. The number of carboxylic acid groups (broad SMARTS) is 1. The number of rotatable bonds is 6. The van der Waals surface area contributed by atoms with Crippen LogP contribution in [-0.4, -0.2) is 33.2 Å². The van der Waals surface area contributed by atoms with Gasteiger partial charge in [-0.15, -0.1) is 0 Å². The van der Waals surface area contributed by atoms with Crippen molar-refractivity contribution >= 4 is 11.9 Å². The Bertz CT molecular complexity index is 430. The first-order chi connectivity index (χ1) is 8.40. The topological polar surface area (TPSA) is 105 Å². The average molecular weight is 255 g/mol. The van der Waals surface area contributed by atoms with Gasteiger partial charge in [0.2, 0.25) is 11.8 Å². The number of hydrogen-bond acceptors (Lipinski definition) is 5. The third kappa shape index (κ3) is 4.15. The number of hydrogen-bond donors (Lipinski definition) is 2. The number of carboxylic acids is 1.